The number of nitrogens with one attached hydrogen (secondary N) is 1. The second kappa shape index (κ2) is 7.99. The SMILES string of the molecule is CCCCc1ccc(Nc2nnc(SCC(N)=O)s2)cc1. The third kappa shape index (κ3) is 5.35. The fourth-order valence-corrected chi connectivity index (χ4v) is 3.22. The molecule has 1 aromatic carbocycles. The van der Waals surface area contributed by atoms with Gasteiger partial charge in [-0.3, -0.25) is 4.79 Å². The average Bonchev–Trinajstić information content (AvgIpc) is 2.92. The molecule has 0 unspecified atom stereocenters. The summed E-state index contributed by atoms with van der Waals surface area (Å²) in [5.74, 6) is -0.131. The third-order valence-corrected chi connectivity index (χ3v) is 4.76. The zero-order valence-electron chi connectivity index (χ0n) is 11.8. The van der Waals surface area contributed by atoms with Gasteiger partial charge in [-0.2, -0.15) is 0 Å². The molecule has 0 spiro atoms. The molecule has 0 saturated heterocycles. The summed E-state index contributed by atoms with van der Waals surface area (Å²) >= 11 is 2.71. The molecule has 0 aliphatic heterocycles. The van der Waals surface area contributed by atoms with Crippen LogP contribution in [0.25, 0.3) is 0 Å². The summed E-state index contributed by atoms with van der Waals surface area (Å²) in [5, 5.41) is 12.0. The monoisotopic (exact) mass is 322 g/mol. The van der Waals surface area contributed by atoms with Crippen molar-refractivity contribution in [3.8, 4) is 0 Å². The first kappa shape index (κ1) is 15.8. The molecular formula is C14H18N4OS2. The van der Waals surface area contributed by atoms with Gasteiger partial charge in [-0.05, 0) is 30.5 Å². The highest BCUT2D eigenvalue weighted by Crippen LogP contribution is 2.27. The number of carbonyl (C=O) groups excluding carboxylic acids is 1. The maximum atomic E-state index is 10.7. The van der Waals surface area contributed by atoms with E-state index in [-0.39, 0.29) is 11.7 Å². The fourth-order valence-electron chi connectivity index (χ4n) is 1.71. The second-order valence-electron chi connectivity index (χ2n) is 4.55. The summed E-state index contributed by atoms with van der Waals surface area (Å²) in [5.41, 5.74) is 7.43. The van der Waals surface area contributed by atoms with Crippen LogP contribution in [-0.4, -0.2) is 21.9 Å². The first-order chi connectivity index (χ1) is 10.2. The Labute approximate surface area is 132 Å². The third-order valence-electron chi connectivity index (χ3n) is 2.77. The molecule has 0 aliphatic carbocycles. The van der Waals surface area contributed by atoms with Gasteiger partial charge in [-0.1, -0.05) is 48.6 Å². The predicted molar refractivity (Wildman–Crippen MR) is 88.2 cm³/mol. The lowest BCUT2D eigenvalue weighted by Gasteiger charge is -2.04. The number of anilines is 2. The van der Waals surface area contributed by atoms with Gasteiger partial charge in [-0.15, -0.1) is 10.2 Å². The van der Waals surface area contributed by atoms with E-state index in [9.17, 15) is 4.79 Å². The van der Waals surface area contributed by atoms with E-state index in [4.69, 9.17) is 5.73 Å². The van der Waals surface area contributed by atoms with E-state index >= 15 is 0 Å². The highest BCUT2D eigenvalue weighted by Gasteiger charge is 2.06. The lowest BCUT2D eigenvalue weighted by molar-refractivity contribution is -0.115. The Kier molecular flexibility index (Phi) is 6.01. The van der Waals surface area contributed by atoms with E-state index in [0.29, 0.717) is 5.13 Å². The summed E-state index contributed by atoms with van der Waals surface area (Å²) in [7, 11) is 0. The Balaban J connectivity index is 1.90. The van der Waals surface area contributed by atoms with E-state index in [2.05, 4.69) is 34.6 Å². The van der Waals surface area contributed by atoms with Crippen LogP contribution in [0.15, 0.2) is 28.6 Å². The molecule has 1 amide bonds. The Bertz CT molecular complexity index is 583. The molecule has 21 heavy (non-hydrogen) atoms. The van der Waals surface area contributed by atoms with Crippen molar-refractivity contribution in [1.82, 2.24) is 10.2 Å². The molecule has 0 saturated carbocycles. The lowest BCUT2D eigenvalue weighted by Crippen LogP contribution is -2.12. The van der Waals surface area contributed by atoms with Crippen LogP contribution in [0.2, 0.25) is 0 Å². The van der Waals surface area contributed by atoms with Crippen LogP contribution in [0.1, 0.15) is 25.3 Å². The minimum absolute atomic E-state index is 0.223. The Morgan fingerprint density at radius 3 is 2.76 bits per heavy atom. The van der Waals surface area contributed by atoms with Crippen molar-refractivity contribution in [2.75, 3.05) is 11.1 Å². The average molecular weight is 322 g/mol. The number of unbranched alkanes of at least 4 members (excludes halogenated alkanes) is 1. The maximum Gasteiger partial charge on any atom is 0.227 e. The number of hydrogen-bond donors (Lipinski definition) is 2. The number of primary amides is 1. The van der Waals surface area contributed by atoms with Crippen molar-refractivity contribution >= 4 is 39.8 Å². The summed E-state index contributed by atoms with van der Waals surface area (Å²) in [6, 6.07) is 8.34. The fraction of sp³-hybridized carbons (Fsp3) is 0.357. The topological polar surface area (TPSA) is 80.9 Å². The number of hydrogen-bond acceptors (Lipinski definition) is 6. The van der Waals surface area contributed by atoms with Crippen LogP contribution < -0.4 is 11.1 Å². The Morgan fingerprint density at radius 2 is 2.10 bits per heavy atom. The number of nitrogens with zero attached hydrogens (tertiary/aromatic N) is 2. The van der Waals surface area contributed by atoms with Crippen LogP contribution in [0.3, 0.4) is 0 Å². The largest absolute Gasteiger partial charge is 0.369 e. The van der Waals surface area contributed by atoms with Gasteiger partial charge in [-0.25, -0.2) is 0 Å². The number of amides is 1. The zero-order chi connectivity index (χ0) is 15.1. The predicted octanol–water partition coefficient (Wildman–Crippen LogP) is 3.20. The van der Waals surface area contributed by atoms with Crippen molar-refractivity contribution in [1.29, 1.82) is 0 Å². The molecule has 0 radical (unpaired) electrons. The van der Waals surface area contributed by atoms with Crippen molar-refractivity contribution in [2.45, 2.75) is 30.5 Å². The van der Waals surface area contributed by atoms with Crippen LogP contribution in [-0.2, 0) is 11.2 Å². The molecule has 112 valence electrons. The minimum atomic E-state index is -0.354. The second-order valence-corrected chi connectivity index (χ2v) is 6.75. The number of carbonyl (C=O) groups is 1. The van der Waals surface area contributed by atoms with Gasteiger partial charge in [0.1, 0.15) is 0 Å². The molecule has 7 heteroatoms. The van der Waals surface area contributed by atoms with Crippen LogP contribution in [0.5, 0.6) is 0 Å². The minimum Gasteiger partial charge on any atom is -0.369 e. The molecular weight excluding hydrogens is 304 g/mol. The summed E-state index contributed by atoms with van der Waals surface area (Å²) in [6.45, 7) is 2.19. The van der Waals surface area contributed by atoms with Crippen LogP contribution in [0, 0.1) is 0 Å². The maximum absolute atomic E-state index is 10.7. The van der Waals surface area contributed by atoms with Gasteiger partial charge in [0.05, 0.1) is 5.75 Å². The molecule has 0 atom stereocenters. The molecule has 2 aromatic rings. The number of aryl methyl sites for hydroxylation is 1. The highest BCUT2D eigenvalue weighted by atomic mass is 32.2. The standard InChI is InChI=1S/C14H18N4OS2/c1-2-3-4-10-5-7-11(8-6-10)16-13-17-18-14(21-13)20-9-12(15)19/h5-8H,2-4,9H2,1H3,(H2,15,19)(H,16,17). The van der Waals surface area contributed by atoms with Gasteiger partial charge < -0.3 is 11.1 Å². The van der Waals surface area contributed by atoms with Gasteiger partial charge in [0.15, 0.2) is 4.34 Å². The highest BCUT2D eigenvalue weighted by molar-refractivity contribution is 8.01. The van der Waals surface area contributed by atoms with Gasteiger partial charge in [0.25, 0.3) is 0 Å². The number of thioether (sulfide) groups is 1. The first-order valence-electron chi connectivity index (χ1n) is 6.78. The quantitative estimate of drug-likeness (QED) is 0.729. The van der Waals surface area contributed by atoms with Crippen molar-refractivity contribution in [3.05, 3.63) is 29.8 Å². The van der Waals surface area contributed by atoms with Crippen molar-refractivity contribution < 1.29 is 4.79 Å². The Morgan fingerprint density at radius 1 is 1.33 bits per heavy atom. The molecule has 0 aliphatic rings. The lowest BCUT2D eigenvalue weighted by atomic mass is 10.1. The normalized spacial score (nSPS) is 10.5. The number of nitrogens with two attached hydrogens (primary N) is 1. The van der Waals surface area contributed by atoms with Gasteiger partial charge >= 0.3 is 0 Å². The summed E-state index contributed by atoms with van der Waals surface area (Å²) < 4.78 is 0.732. The number of rotatable bonds is 8. The molecule has 1 aromatic heterocycles. The number of aromatic nitrogens is 2. The van der Waals surface area contributed by atoms with E-state index in [1.165, 1.54) is 41.5 Å². The van der Waals surface area contributed by atoms with Crippen molar-refractivity contribution in [2.24, 2.45) is 5.73 Å². The van der Waals surface area contributed by atoms with E-state index in [0.717, 1.165) is 16.4 Å². The number of benzene rings is 1. The van der Waals surface area contributed by atoms with Gasteiger partial charge in [0.2, 0.25) is 11.0 Å². The van der Waals surface area contributed by atoms with E-state index in [1.807, 2.05) is 12.1 Å². The molecule has 5 nitrogen and oxygen atoms in total. The smallest absolute Gasteiger partial charge is 0.227 e. The summed E-state index contributed by atoms with van der Waals surface area (Å²) in [4.78, 5) is 10.7. The van der Waals surface area contributed by atoms with Gasteiger partial charge in [0, 0.05) is 5.69 Å². The molecule has 1 heterocycles. The first-order valence-corrected chi connectivity index (χ1v) is 8.58. The Hall–Kier alpha value is -1.60. The van der Waals surface area contributed by atoms with E-state index in [1.54, 1.807) is 0 Å². The van der Waals surface area contributed by atoms with E-state index < -0.39 is 0 Å². The van der Waals surface area contributed by atoms with Crippen LogP contribution in [0.4, 0.5) is 10.8 Å². The molecule has 0 bridgehead atoms. The molecule has 0 fully saturated rings. The summed E-state index contributed by atoms with van der Waals surface area (Å²) in [6.07, 6.45) is 3.53. The van der Waals surface area contributed by atoms with Crippen molar-refractivity contribution in [3.63, 3.8) is 0 Å². The van der Waals surface area contributed by atoms with Crippen LogP contribution >= 0.6 is 23.1 Å². The molecule has 3 N–H and O–H groups in total. The zero-order valence-corrected chi connectivity index (χ0v) is 13.5. The molecule has 2 rings (SSSR count).